The molecule has 1 heterocycles. The Labute approximate surface area is 143 Å². The molecule has 3 nitrogen and oxygen atoms in total. The second kappa shape index (κ2) is 7.82. The van der Waals surface area contributed by atoms with Gasteiger partial charge in [-0.25, -0.2) is 0 Å². The lowest BCUT2D eigenvalue weighted by molar-refractivity contribution is -0.137. The summed E-state index contributed by atoms with van der Waals surface area (Å²) < 4.78 is 0. The van der Waals surface area contributed by atoms with E-state index in [0.717, 1.165) is 32.4 Å². The largest absolute Gasteiger partial charge is 0.481 e. The van der Waals surface area contributed by atoms with E-state index in [9.17, 15) is 4.79 Å². The van der Waals surface area contributed by atoms with Gasteiger partial charge in [0, 0.05) is 25.2 Å². The van der Waals surface area contributed by atoms with Crippen LogP contribution in [0.1, 0.15) is 42.4 Å². The van der Waals surface area contributed by atoms with Crippen molar-refractivity contribution >= 4 is 23.8 Å². The molecule has 0 saturated carbocycles. The molecule has 0 unspecified atom stereocenters. The molecule has 0 saturated heterocycles. The van der Waals surface area contributed by atoms with Crippen LogP contribution in [0.5, 0.6) is 0 Å². The minimum absolute atomic E-state index is 0.266. The lowest BCUT2D eigenvalue weighted by Crippen LogP contribution is -2.25. The molecule has 0 amide bonds. The van der Waals surface area contributed by atoms with Gasteiger partial charge in [0.05, 0.1) is 0 Å². The Bertz CT molecular complexity index is 736. The maximum Gasteiger partial charge on any atom is 0.303 e. The Morgan fingerprint density at radius 3 is 2.46 bits per heavy atom. The van der Waals surface area contributed by atoms with Gasteiger partial charge in [0.2, 0.25) is 0 Å². The fourth-order valence-corrected chi connectivity index (χ4v) is 3.18. The first-order chi connectivity index (χ1) is 11.7. The maximum atomic E-state index is 10.6. The summed E-state index contributed by atoms with van der Waals surface area (Å²) in [6, 6.07) is 17.0. The average molecular weight is 321 g/mol. The maximum absolute atomic E-state index is 10.6. The third-order valence-corrected chi connectivity index (χ3v) is 4.45. The first kappa shape index (κ1) is 16.3. The van der Waals surface area contributed by atoms with Crippen LogP contribution in [0.2, 0.25) is 0 Å². The van der Waals surface area contributed by atoms with Gasteiger partial charge in [0.1, 0.15) is 0 Å². The summed E-state index contributed by atoms with van der Waals surface area (Å²) >= 11 is 0. The predicted molar refractivity (Wildman–Crippen MR) is 99.0 cm³/mol. The number of carboxylic acid groups (broad SMARTS) is 1. The van der Waals surface area contributed by atoms with E-state index in [0.29, 0.717) is 0 Å². The van der Waals surface area contributed by atoms with Crippen molar-refractivity contribution in [2.75, 3.05) is 11.4 Å². The highest BCUT2D eigenvalue weighted by Crippen LogP contribution is 2.28. The summed E-state index contributed by atoms with van der Waals surface area (Å²) in [6.07, 6.45) is 7.35. The number of para-hydroxylation sites is 1. The van der Waals surface area contributed by atoms with Crippen molar-refractivity contribution in [3.63, 3.8) is 0 Å². The molecule has 0 aliphatic carbocycles. The average Bonchev–Trinajstić information content (AvgIpc) is 2.58. The number of unbranched alkanes of at least 4 members (excludes halogenated alkanes) is 2. The summed E-state index contributed by atoms with van der Waals surface area (Å²) in [6.45, 7) is 1.83. The second-order valence-electron chi connectivity index (χ2n) is 6.22. The molecule has 0 fully saturated rings. The molecule has 0 atom stereocenters. The molecule has 0 spiro atoms. The fourth-order valence-electron chi connectivity index (χ4n) is 3.18. The van der Waals surface area contributed by atoms with Crippen molar-refractivity contribution in [2.45, 2.75) is 32.2 Å². The second-order valence-corrected chi connectivity index (χ2v) is 6.22. The highest BCUT2D eigenvalue weighted by Gasteiger charge is 2.14. The molecule has 0 aromatic heterocycles. The lowest BCUT2D eigenvalue weighted by Gasteiger charge is -2.28. The highest BCUT2D eigenvalue weighted by molar-refractivity contribution is 5.79. The number of carbonyl (C=O) groups is 1. The Morgan fingerprint density at radius 2 is 1.62 bits per heavy atom. The summed E-state index contributed by atoms with van der Waals surface area (Å²) in [5.74, 6) is -0.703. The third kappa shape index (κ3) is 4.05. The molecular formula is C21H23NO2. The number of aliphatic carboxylic acids is 1. The number of fused-ring (bicyclic) bond motifs is 2. The van der Waals surface area contributed by atoms with E-state index in [2.05, 4.69) is 65.6 Å². The van der Waals surface area contributed by atoms with E-state index in [1.165, 1.54) is 22.4 Å². The van der Waals surface area contributed by atoms with Crippen LogP contribution in [-0.2, 0) is 11.3 Å². The Kier molecular flexibility index (Phi) is 5.32. The van der Waals surface area contributed by atoms with Gasteiger partial charge in [-0.05, 0) is 35.6 Å². The van der Waals surface area contributed by atoms with Crippen LogP contribution < -0.4 is 4.90 Å². The first-order valence-corrected chi connectivity index (χ1v) is 8.56. The van der Waals surface area contributed by atoms with Crippen LogP contribution in [0, 0.1) is 0 Å². The van der Waals surface area contributed by atoms with E-state index in [4.69, 9.17) is 5.11 Å². The molecular weight excluding hydrogens is 298 g/mol. The van der Waals surface area contributed by atoms with Gasteiger partial charge in [-0.1, -0.05) is 61.0 Å². The van der Waals surface area contributed by atoms with Crippen molar-refractivity contribution in [2.24, 2.45) is 0 Å². The van der Waals surface area contributed by atoms with Crippen molar-refractivity contribution in [1.82, 2.24) is 0 Å². The Hall–Kier alpha value is -2.55. The molecule has 0 bridgehead atoms. The number of rotatable bonds is 6. The number of carboxylic acids is 1. The number of benzene rings is 2. The standard InChI is InChI=1S/C21H23NO2/c23-21(24)12-2-1-7-15-22-16-19-10-4-3-8-17(19)13-14-18-9-5-6-11-20(18)22/h3-6,8-11,13-14H,1-2,7,12,15-16H2,(H,23,24). The van der Waals surface area contributed by atoms with Crippen LogP contribution in [0.3, 0.4) is 0 Å². The van der Waals surface area contributed by atoms with Crippen LogP contribution >= 0.6 is 0 Å². The van der Waals surface area contributed by atoms with Gasteiger partial charge in [-0.2, -0.15) is 0 Å². The van der Waals surface area contributed by atoms with Crippen LogP contribution in [0.25, 0.3) is 12.2 Å². The van der Waals surface area contributed by atoms with Crippen LogP contribution in [0.15, 0.2) is 48.5 Å². The van der Waals surface area contributed by atoms with Gasteiger partial charge in [-0.3, -0.25) is 4.79 Å². The van der Waals surface area contributed by atoms with Gasteiger partial charge in [0.15, 0.2) is 0 Å². The molecule has 24 heavy (non-hydrogen) atoms. The third-order valence-electron chi connectivity index (χ3n) is 4.45. The van der Waals surface area contributed by atoms with E-state index in [-0.39, 0.29) is 6.42 Å². The summed E-state index contributed by atoms with van der Waals surface area (Å²) in [5, 5.41) is 8.75. The monoisotopic (exact) mass is 321 g/mol. The van der Waals surface area contributed by atoms with E-state index in [1.807, 2.05) is 0 Å². The van der Waals surface area contributed by atoms with Crippen molar-refractivity contribution in [3.05, 3.63) is 65.2 Å². The lowest BCUT2D eigenvalue weighted by atomic mass is 10.0. The minimum atomic E-state index is -0.703. The molecule has 2 aromatic carbocycles. The summed E-state index contributed by atoms with van der Waals surface area (Å²) in [4.78, 5) is 13.0. The van der Waals surface area contributed by atoms with Gasteiger partial charge >= 0.3 is 5.97 Å². The zero-order valence-electron chi connectivity index (χ0n) is 13.8. The van der Waals surface area contributed by atoms with Gasteiger partial charge < -0.3 is 10.0 Å². The SMILES string of the molecule is O=C(O)CCCCCN1Cc2ccccc2C=Cc2ccccc21. The zero-order chi connectivity index (χ0) is 16.8. The van der Waals surface area contributed by atoms with Crippen molar-refractivity contribution in [3.8, 4) is 0 Å². The fraction of sp³-hybridized carbons (Fsp3) is 0.286. The van der Waals surface area contributed by atoms with E-state index >= 15 is 0 Å². The van der Waals surface area contributed by atoms with Gasteiger partial charge in [0.25, 0.3) is 0 Å². The number of anilines is 1. The molecule has 3 rings (SSSR count). The number of nitrogens with zero attached hydrogens (tertiary/aromatic N) is 1. The Morgan fingerprint density at radius 1 is 0.917 bits per heavy atom. The molecule has 1 aliphatic heterocycles. The molecule has 1 aliphatic rings. The van der Waals surface area contributed by atoms with E-state index < -0.39 is 5.97 Å². The van der Waals surface area contributed by atoms with E-state index in [1.54, 1.807) is 0 Å². The summed E-state index contributed by atoms with van der Waals surface area (Å²) in [7, 11) is 0. The van der Waals surface area contributed by atoms with Crippen molar-refractivity contribution in [1.29, 1.82) is 0 Å². The quantitative estimate of drug-likeness (QED) is 0.775. The minimum Gasteiger partial charge on any atom is -0.481 e. The summed E-state index contributed by atoms with van der Waals surface area (Å²) in [5.41, 5.74) is 5.08. The topological polar surface area (TPSA) is 40.5 Å². The zero-order valence-corrected chi connectivity index (χ0v) is 13.8. The first-order valence-electron chi connectivity index (χ1n) is 8.56. The van der Waals surface area contributed by atoms with Crippen molar-refractivity contribution < 1.29 is 9.90 Å². The molecule has 3 heteroatoms. The molecule has 124 valence electrons. The predicted octanol–water partition coefficient (Wildman–Crippen LogP) is 4.82. The van der Waals surface area contributed by atoms with Crippen LogP contribution in [-0.4, -0.2) is 17.6 Å². The van der Waals surface area contributed by atoms with Gasteiger partial charge in [-0.15, -0.1) is 0 Å². The normalized spacial score (nSPS) is 12.9. The molecule has 2 aromatic rings. The Balaban J connectivity index is 1.77. The number of hydrogen-bond acceptors (Lipinski definition) is 2. The highest BCUT2D eigenvalue weighted by atomic mass is 16.4. The molecule has 1 N–H and O–H groups in total. The number of hydrogen-bond donors (Lipinski definition) is 1. The molecule has 0 radical (unpaired) electrons. The smallest absolute Gasteiger partial charge is 0.303 e. The van der Waals surface area contributed by atoms with Crippen LogP contribution in [0.4, 0.5) is 5.69 Å².